The number of fused-ring (bicyclic) bond motifs is 1. The highest BCUT2D eigenvalue weighted by Crippen LogP contribution is 2.22. The molecule has 1 aliphatic rings. The van der Waals surface area contributed by atoms with Crippen molar-refractivity contribution in [2.24, 2.45) is 0 Å². The fraction of sp³-hybridized carbons (Fsp3) is 0.562. The molecule has 0 amide bonds. The number of nitrogens with one attached hydrogen (secondary N) is 1. The molecule has 0 aliphatic carbocycles. The third-order valence-electron chi connectivity index (χ3n) is 4.09. The van der Waals surface area contributed by atoms with Crippen LogP contribution in [0.15, 0.2) is 18.2 Å². The number of anilines is 1. The molecule has 2 heterocycles. The molecule has 1 fully saturated rings. The Morgan fingerprint density at radius 3 is 2.95 bits per heavy atom. The maximum atomic E-state index is 4.64. The zero-order chi connectivity index (χ0) is 13.9. The molecule has 0 radical (unpaired) electrons. The third kappa shape index (κ3) is 2.80. The Labute approximate surface area is 120 Å². The standard InChI is InChI=1S/C16H24N4/c1-3-5-16-17-14-7-6-13(12-15(14)18-16)20-9-4-8-19(2)10-11-20/h6-7,12H,3-5,8-11H2,1-2H3,(H,17,18). The molecule has 2 aromatic rings. The molecular formula is C16H24N4. The molecule has 3 rings (SSSR count). The van der Waals surface area contributed by atoms with Gasteiger partial charge in [0.2, 0.25) is 0 Å². The summed E-state index contributed by atoms with van der Waals surface area (Å²) in [5.74, 6) is 1.11. The van der Waals surface area contributed by atoms with Crippen LogP contribution in [-0.4, -0.2) is 48.1 Å². The Morgan fingerprint density at radius 1 is 1.20 bits per heavy atom. The number of aromatic nitrogens is 2. The van der Waals surface area contributed by atoms with Gasteiger partial charge in [0.05, 0.1) is 11.0 Å². The Morgan fingerprint density at radius 2 is 2.10 bits per heavy atom. The van der Waals surface area contributed by atoms with Crippen molar-refractivity contribution in [3.05, 3.63) is 24.0 Å². The Hall–Kier alpha value is -1.55. The highest BCUT2D eigenvalue weighted by Gasteiger charge is 2.13. The van der Waals surface area contributed by atoms with E-state index in [0.717, 1.165) is 43.8 Å². The first-order valence-corrected chi connectivity index (χ1v) is 7.68. The van der Waals surface area contributed by atoms with E-state index in [4.69, 9.17) is 0 Å². The minimum absolute atomic E-state index is 1.03. The lowest BCUT2D eigenvalue weighted by atomic mass is 10.2. The second kappa shape index (κ2) is 5.83. The van der Waals surface area contributed by atoms with Gasteiger partial charge in [-0.15, -0.1) is 0 Å². The van der Waals surface area contributed by atoms with Gasteiger partial charge in [-0.1, -0.05) is 6.92 Å². The second-order valence-corrected chi connectivity index (χ2v) is 5.78. The van der Waals surface area contributed by atoms with Gasteiger partial charge in [0.15, 0.2) is 0 Å². The molecule has 4 nitrogen and oxygen atoms in total. The van der Waals surface area contributed by atoms with E-state index in [2.05, 4.69) is 51.9 Å². The van der Waals surface area contributed by atoms with Crippen LogP contribution in [0.25, 0.3) is 11.0 Å². The highest BCUT2D eigenvalue weighted by molar-refractivity contribution is 5.79. The summed E-state index contributed by atoms with van der Waals surface area (Å²) in [4.78, 5) is 13.0. The van der Waals surface area contributed by atoms with Crippen LogP contribution in [-0.2, 0) is 6.42 Å². The van der Waals surface area contributed by atoms with E-state index < -0.39 is 0 Å². The first kappa shape index (κ1) is 13.4. The van der Waals surface area contributed by atoms with Crippen molar-refractivity contribution in [3.8, 4) is 0 Å². The summed E-state index contributed by atoms with van der Waals surface area (Å²) in [7, 11) is 2.21. The summed E-state index contributed by atoms with van der Waals surface area (Å²) < 4.78 is 0. The van der Waals surface area contributed by atoms with Gasteiger partial charge in [0.1, 0.15) is 5.82 Å². The van der Waals surface area contributed by atoms with E-state index in [-0.39, 0.29) is 0 Å². The van der Waals surface area contributed by atoms with Gasteiger partial charge in [0, 0.05) is 31.7 Å². The van der Waals surface area contributed by atoms with Gasteiger partial charge in [-0.3, -0.25) is 0 Å². The first-order chi connectivity index (χ1) is 9.76. The van der Waals surface area contributed by atoms with E-state index in [1.807, 2.05) is 0 Å². The maximum Gasteiger partial charge on any atom is 0.107 e. The van der Waals surface area contributed by atoms with Crippen LogP contribution >= 0.6 is 0 Å². The van der Waals surface area contributed by atoms with Gasteiger partial charge < -0.3 is 14.8 Å². The van der Waals surface area contributed by atoms with Crippen molar-refractivity contribution >= 4 is 16.7 Å². The fourth-order valence-corrected chi connectivity index (χ4v) is 2.91. The zero-order valence-electron chi connectivity index (χ0n) is 12.5. The molecule has 0 saturated carbocycles. The average Bonchev–Trinajstić information content (AvgIpc) is 2.71. The minimum atomic E-state index is 1.03. The van der Waals surface area contributed by atoms with Crippen LogP contribution < -0.4 is 4.90 Å². The summed E-state index contributed by atoms with van der Waals surface area (Å²) in [6.45, 7) is 6.78. The van der Waals surface area contributed by atoms with Crippen molar-refractivity contribution in [1.29, 1.82) is 0 Å². The van der Waals surface area contributed by atoms with Gasteiger partial charge in [0.25, 0.3) is 0 Å². The number of rotatable bonds is 3. The molecule has 1 N–H and O–H groups in total. The molecule has 1 aliphatic heterocycles. The van der Waals surface area contributed by atoms with E-state index in [0.29, 0.717) is 0 Å². The number of likely N-dealkylation sites (N-methyl/N-ethyl adjacent to an activating group) is 1. The average molecular weight is 272 g/mol. The van der Waals surface area contributed by atoms with E-state index in [1.54, 1.807) is 0 Å². The Bertz CT molecular complexity index is 575. The summed E-state index contributed by atoms with van der Waals surface area (Å²) in [5.41, 5.74) is 3.58. The molecule has 1 saturated heterocycles. The molecule has 1 aromatic heterocycles. The molecule has 1 aromatic carbocycles. The molecule has 4 heteroatoms. The van der Waals surface area contributed by atoms with Crippen molar-refractivity contribution in [3.63, 3.8) is 0 Å². The van der Waals surface area contributed by atoms with Crippen molar-refractivity contribution in [2.45, 2.75) is 26.2 Å². The predicted molar refractivity (Wildman–Crippen MR) is 84.4 cm³/mol. The molecule has 0 bridgehead atoms. The number of nitrogens with zero attached hydrogens (tertiary/aromatic N) is 3. The summed E-state index contributed by atoms with van der Waals surface area (Å²) in [5, 5.41) is 0. The van der Waals surface area contributed by atoms with E-state index >= 15 is 0 Å². The molecule has 0 atom stereocenters. The van der Waals surface area contributed by atoms with E-state index in [9.17, 15) is 0 Å². The third-order valence-corrected chi connectivity index (χ3v) is 4.09. The van der Waals surface area contributed by atoms with Crippen LogP contribution in [0.4, 0.5) is 5.69 Å². The number of hydrogen-bond acceptors (Lipinski definition) is 3. The quantitative estimate of drug-likeness (QED) is 0.933. The SMILES string of the molecule is CCCc1nc2ccc(N3CCCN(C)CC3)cc2[nH]1. The van der Waals surface area contributed by atoms with Gasteiger partial charge in [-0.2, -0.15) is 0 Å². The highest BCUT2D eigenvalue weighted by atomic mass is 15.2. The van der Waals surface area contributed by atoms with Gasteiger partial charge >= 0.3 is 0 Å². The largest absolute Gasteiger partial charge is 0.370 e. The van der Waals surface area contributed by atoms with E-state index in [1.165, 1.54) is 24.2 Å². The molecule has 0 spiro atoms. The summed E-state index contributed by atoms with van der Waals surface area (Å²) in [6.07, 6.45) is 3.39. The van der Waals surface area contributed by atoms with Crippen LogP contribution in [0.2, 0.25) is 0 Å². The first-order valence-electron chi connectivity index (χ1n) is 7.68. The monoisotopic (exact) mass is 272 g/mol. The number of aromatic amines is 1. The van der Waals surface area contributed by atoms with Crippen molar-refractivity contribution in [1.82, 2.24) is 14.9 Å². The molecule has 0 unspecified atom stereocenters. The Kier molecular flexibility index (Phi) is 3.92. The lowest BCUT2D eigenvalue weighted by Gasteiger charge is -2.22. The Balaban J connectivity index is 1.84. The van der Waals surface area contributed by atoms with Crippen LogP contribution in [0.1, 0.15) is 25.6 Å². The number of imidazole rings is 1. The zero-order valence-corrected chi connectivity index (χ0v) is 12.5. The van der Waals surface area contributed by atoms with Gasteiger partial charge in [-0.05, 0) is 44.6 Å². The lowest BCUT2D eigenvalue weighted by molar-refractivity contribution is 0.360. The van der Waals surface area contributed by atoms with Crippen molar-refractivity contribution < 1.29 is 0 Å². The molecular weight excluding hydrogens is 248 g/mol. The van der Waals surface area contributed by atoms with Crippen LogP contribution in [0.3, 0.4) is 0 Å². The van der Waals surface area contributed by atoms with Crippen LogP contribution in [0, 0.1) is 0 Å². The molecule has 108 valence electrons. The molecule has 20 heavy (non-hydrogen) atoms. The lowest BCUT2D eigenvalue weighted by Crippen LogP contribution is -2.28. The summed E-state index contributed by atoms with van der Waals surface area (Å²) >= 11 is 0. The second-order valence-electron chi connectivity index (χ2n) is 5.78. The number of hydrogen-bond donors (Lipinski definition) is 1. The normalized spacial score (nSPS) is 17.6. The number of benzene rings is 1. The van der Waals surface area contributed by atoms with Gasteiger partial charge in [-0.25, -0.2) is 4.98 Å². The van der Waals surface area contributed by atoms with Crippen LogP contribution in [0.5, 0.6) is 0 Å². The number of aryl methyl sites for hydroxylation is 1. The topological polar surface area (TPSA) is 35.2 Å². The fourth-order valence-electron chi connectivity index (χ4n) is 2.91. The minimum Gasteiger partial charge on any atom is -0.370 e. The number of H-pyrrole nitrogens is 1. The van der Waals surface area contributed by atoms with Crippen molar-refractivity contribution in [2.75, 3.05) is 38.1 Å². The summed E-state index contributed by atoms with van der Waals surface area (Å²) in [6, 6.07) is 6.62. The predicted octanol–water partition coefficient (Wildman–Crippen LogP) is 2.66. The maximum absolute atomic E-state index is 4.64. The smallest absolute Gasteiger partial charge is 0.107 e.